The van der Waals surface area contributed by atoms with E-state index in [0.29, 0.717) is 30.9 Å². The van der Waals surface area contributed by atoms with E-state index in [1.165, 1.54) is 11.3 Å². The number of nitrogens with one attached hydrogen (secondary N) is 1. The van der Waals surface area contributed by atoms with Crippen LogP contribution >= 0.6 is 11.3 Å². The van der Waals surface area contributed by atoms with E-state index in [9.17, 15) is 9.90 Å². The summed E-state index contributed by atoms with van der Waals surface area (Å²) in [6.07, 6.45) is 0.351. The first kappa shape index (κ1) is 20.5. The molecule has 0 fully saturated rings. The Morgan fingerprint density at radius 3 is 2.64 bits per heavy atom. The molecule has 0 spiro atoms. The standard InChI is InChI=1S/C22H27N3O2S/c1-14(2)13-24-22(27)16-8-9-18-20(11-16)28-21(25-18)12-19(26)17(23)10-15-6-4-3-5-7-15/h3-9,11,14,17,19,26H,10,12-13,23H2,1-2H3,(H,24,27)/t17-,19+/m0/s1. The Morgan fingerprint density at radius 1 is 1.18 bits per heavy atom. The number of hydrogen-bond donors (Lipinski definition) is 3. The molecule has 0 aliphatic heterocycles. The monoisotopic (exact) mass is 397 g/mol. The van der Waals surface area contributed by atoms with Crippen molar-refractivity contribution >= 4 is 27.5 Å². The minimum atomic E-state index is -0.672. The molecule has 0 saturated carbocycles. The Morgan fingerprint density at radius 2 is 1.93 bits per heavy atom. The summed E-state index contributed by atoms with van der Waals surface area (Å²) in [6, 6.07) is 15.1. The quantitative estimate of drug-likeness (QED) is 0.545. The molecule has 4 N–H and O–H groups in total. The molecule has 3 aromatic rings. The molecule has 2 aromatic carbocycles. The Hall–Kier alpha value is -2.28. The van der Waals surface area contributed by atoms with Crippen molar-refractivity contribution in [2.75, 3.05) is 6.54 Å². The van der Waals surface area contributed by atoms with E-state index in [1.807, 2.05) is 42.5 Å². The highest BCUT2D eigenvalue weighted by Crippen LogP contribution is 2.25. The number of rotatable bonds is 8. The van der Waals surface area contributed by atoms with Gasteiger partial charge in [0.1, 0.15) is 0 Å². The lowest BCUT2D eigenvalue weighted by Gasteiger charge is -2.17. The van der Waals surface area contributed by atoms with Gasteiger partial charge in [-0.1, -0.05) is 44.2 Å². The number of aromatic nitrogens is 1. The van der Waals surface area contributed by atoms with Crippen LogP contribution in [0.4, 0.5) is 0 Å². The summed E-state index contributed by atoms with van der Waals surface area (Å²) in [4.78, 5) is 16.8. The van der Waals surface area contributed by atoms with Gasteiger partial charge >= 0.3 is 0 Å². The van der Waals surface area contributed by atoms with Gasteiger partial charge in [0.15, 0.2) is 0 Å². The highest BCUT2D eigenvalue weighted by molar-refractivity contribution is 7.18. The van der Waals surface area contributed by atoms with Gasteiger partial charge in [-0.05, 0) is 36.1 Å². The average molecular weight is 398 g/mol. The fourth-order valence-electron chi connectivity index (χ4n) is 2.95. The lowest BCUT2D eigenvalue weighted by atomic mass is 10.0. The summed E-state index contributed by atoms with van der Waals surface area (Å²) in [5.74, 6) is 0.333. The third-order valence-corrected chi connectivity index (χ3v) is 5.60. The zero-order valence-corrected chi connectivity index (χ0v) is 17.1. The van der Waals surface area contributed by atoms with Crippen molar-refractivity contribution in [3.05, 3.63) is 64.7 Å². The number of aliphatic hydroxyl groups is 1. The molecule has 0 aliphatic carbocycles. The maximum atomic E-state index is 12.3. The lowest BCUT2D eigenvalue weighted by Crippen LogP contribution is -2.38. The Bertz CT molecular complexity index is 924. The summed E-state index contributed by atoms with van der Waals surface area (Å²) in [7, 11) is 0. The molecule has 2 atom stereocenters. The lowest BCUT2D eigenvalue weighted by molar-refractivity contribution is 0.0949. The fourth-order valence-corrected chi connectivity index (χ4v) is 4.01. The van der Waals surface area contributed by atoms with Crippen molar-refractivity contribution in [1.82, 2.24) is 10.3 Å². The number of aliphatic hydroxyl groups excluding tert-OH is 1. The van der Waals surface area contributed by atoms with Crippen LogP contribution < -0.4 is 11.1 Å². The number of hydrogen-bond acceptors (Lipinski definition) is 5. The van der Waals surface area contributed by atoms with Crippen molar-refractivity contribution in [2.45, 2.75) is 38.8 Å². The van der Waals surface area contributed by atoms with E-state index in [-0.39, 0.29) is 11.9 Å². The Kier molecular flexibility index (Phi) is 6.78. The van der Waals surface area contributed by atoms with E-state index in [2.05, 4.69) is 24.1 Å². The van der Waals surface area contributed by atoms with E-state index in [1.54, 1.807) is 6.07 Å². The largest absolute Gasteiger partial charge is 0.391 e. The van der Waals surface area contributed by atoms with Gasteiger partial charge in [-0.2, -0.15) is 0 Å². The first-order valence-electron chi connectivity index (χ1n) is 9.57. The minimum Gasteiger partial charge on any atom is -0.391 e. The third kappa shape index (κ3) is 5.38. The maximum Gasteiger partial charge on any atom is 0.251 e. The van der Waals surface area contributed by atoms with E-state index < -0.39 is 6.10 Å². The Balaban J connectivity index is 1.65. The van der Waals surface area contributed by atoms with Crippen molar-refractivity contribution in [2.24, 2.45) is 11.7 Å². The van der Waals surface area contributed by atoms with Crippen LogP contribution in [0.25, 0.3) is 10.2 Å². The number of nitrogens with two attached hydrogens (primary N) is 1. The summed E-state index contributed by atoms with van der Waals surface area (Å²) in [5, 5.41) is 14.3. The van der Waals surface area contributed by atoms with E-state index in [0.717, 1.165) is 20.8 Å². The number of fused-ring (bicyclic) bond motifs is 1. The van der Waals surface area contributed by atoms with Crippen molar-refractivity contribution in [1.29, 1.82) is 0 Å². The van der Waals surface area contributed by atoms with Gasteiger partial charge in [-0.15, -0.1) is 11.3 Å². The SMILES string of the molecule is CC(C)CNC(=O)c1ccc2nc(C[C@@H](O)[C@@H](N)Cc3ccccc3)sc2c1. The molecule has 5 nitrogen and oxygen atoms in total. The zero-order valence-electron chi connectivity index (χ0n) is 16.3. The van der Waals surface area contributed by atoms with Gasteiger partial charge in [0.25, 0.3) is 5.91 Å². The molecule has 0 saturated heterocycles. The molecule has 1 amide bonds. The van der Waals surface area contributed by atoms with Crippen LogP contribution in [0.1, 0.15) is 34.8 Å². The molecule has 0 radical (unpaired) electrons. The predicted octanol–water partition coefficient (Wildman–Crippen LogP) is 3.16. The van der Waals surface area contributed by atoms with E-state index >= 15 is 0 Å². The molecule has 1 aromatic heterocycles. The van der Waals surface area contributed by atoms with Crippen LogP contribution in [0.15, 0.2) is 48.5 Å². The molecular formula is C22H27N3O2S. The molecule has 1 heterocycles. The van der Waals surface area contributed by atoms with Crippen molar-refractivity contribution < 1.29 is 9.90 Å². The molecule has 28 heavy (non-hydrogen) atoms. The van der Waals surface area contributed by atoms with Crippen LogP contribution in [0.3, 0.4) is 0 Å². The summed E-state index contributed by atoms with van der Waals surface area (Å²) >= 11 is 1.50. The van der Waals surface area contributed by atoms with Gasteiger partial charge in [0.05, 0.1) is 21.3 Å². The van der Waals surface area contributed by atoms with Crippen LogP contribution in [0.5, 0.6) is 0 Å². The second-order valence-electron chi connectivity index (χ2n) is 7.52. The van der Waals surface area contributed by atoms with Crippen molar-refractivity contribution in [3.63, 3.8) is 0 Å². The number of nitrogens with zero attached hydrogens (tertiary/aromatic N) is 1. The fraction of sp³-hybridized carbons (Fsp3) is 0.364. The summed E-state index contributed by atoms with van der Waals surface area (Å²) in [5.41, 5.74) is 8.76. The third-order valence-electron chi connectivity index (χ3n) is 4.56. The van der Waals surface area contributed by atoms with Gasteiger partial charge in [0.2, 0.25) is 0 Å². The molecule has 3 rings (SSSR count). The van der Waals surface area contributed by atoms with Crippen LogP contribution in [0, 0.1) is 5.92 Å². The van der Waals surface area contributed by atoms with Crippen molar-refractivity contribution in [3.8, 4) is 0 Å². The normalized spacial score (nSPS) is 13.6. The molecule has 0 aliphatic rings. The minimum absolute atomic E-state index is 0.0736. The number of carbonyl (C=O) groups excluding carboxylic acids is 1. The second kappa shape index (κ2) is 9.28. The van der Waals surface area contributed by atoms with E-state index in [4.69, 9.17) is 5.73 Å². The van der Waals surface area contributed by atoms with Crippen LogP contribution in [-0.2, 0) is 12.8 Å². The predicted molar refractivity (Wildman–Crippen MR) is 115 cm³/mol. The molecule has 148 valence electrons. The van der Waals surface area contributed by atoms with Gasteiger partial charge in [-0.25, -0.2) is 4.98 Å². The first-order valence-corrected chi connectivity index (χ1v) is 10.4. The zero-order chi connectivity index (χ0) is 20.1. The van der Waals surface area contributed by atoms with Gasteiger partial charge in [-0.3, -0.25) is 4.79 Å². The number of benzene rings is 2. The maximum absolute atomic E-state index is 12.3. The van der Waals surface area contributed by atoms with Crippen LogP contribution in [0.2, 0.25) is 0 Å². The molecule has 0 bridgehead atoms. The number of amides is 1. The average Bonchev–Trinajstić information content (AvgIpc) is 3.08. The molecule has 0 unspecified atom stereocenters. The summed E-state index contributed by atoms with van der Waals surface area (Å²) in [6.45, 7) is 4.77. The Labute approximate surface area is 169 Å². The first-order chi connectivity index (χ1) is 13.4. The number of thiazole rings is 1. The molecule has 6 heteroatoms. The second-order valence-corrected chi connectivity index (χ2v) is 8.63. The smallest absolute Gasteiger partial charge is 0.251 e. The molecular weight excluding hydrogens is 370 g/mol. The summed E-state index contributed by atoms with van der Waals surface area (Å²) < 4.78 is 0.941. The highest BCUT2D eigenvalue weighted by Gasteiger charge is 2.18. The topological polar surface area (TPSA) is 88.2 Å². The number of carbonyl (C=O) groups is 1. The van der Waals surface area contributed by atoms with Crippen LogP contribution in [-0.4, -0.2) is 34.7 Å². The van der Waals surface area contributed by atoms with Gasteiger partial charge in [0, 0.05) is 24.6 Å². The van der Waals surface area contributed by atoms with Gasteiger partial charge < -0.3 is 16.2 Å². The highest BCUT2D eigenvalue weighted by atomic mass is 32.1.